The molecule has 1 heterocycles. The van der Waals surface area contributed by atoms with Crippen molar-refractivity contribution in [2.45, 2.75) is 31.1 Å². The van der Waals surface area contributed by atoms with Gasteiger partial charge in [0.15, 0.2) is 0 Å². The summed E-state index contributed by atoms with van der Waals surface area (Å²) in [5.41, 5.74) is 1.44. The fourth-order valence-corrected chi connectivity index (χ4v) is 4.94. The van der Waals surface area contributed by atoms with Crippen molar-refractivity contribution in [3.8, 4) is 0 Å². The summed E-state index contributed by atoms with van der Waals surface area (Å²) in [6.07, 6.45) is 7.81. The zero-order chi connectivity index (χ0) is 14.0. The molecule has 2 saturated carbocycles. The summed E-state index contributed by atoms with van der Waals surface area (Å²) in [4.78, 5) is 0.396. The fraction of sp³-hybridized carbons (Fsp3) is 0.500. The molecule has 2 atom stereocenters. The van der Waals surface area contributed by atoms with Gasteiger partial charge >= 0.3 is 0 Å². The lowest BCUT2D eigenvalue weighted by molar-refractivity contribution is 0.392. The van der Waals surface area contributed by atoms with Crippen LogP contribution in [-0.4, -0.2) is 19.3 Å². The van der Waals surface area contributed by atoms with Gasteiger partial charge in [-0.1, -0.05) is 23.8 Å². The van der Waals surface area contributed by atoms with Crippen molar-refractivity contribution in [1.82, 2.24) is 4.31 Å². The molecule has 0 aromatic heterocycles. The van der Waals surface area contributed by atoms with E-state index >= 15 is 0 Å². The summed E-state index contributed by atoms with van der Waals surface area (Å²) in [6, 6.07) is 7.11. The molecule has 0 bridgehead atoms. The highest BCUT2D eigenvalue weighted by atomic mass is 32.2. The topological polar surface area (TPSA) is 37.4 Å². The lowest BCUT2D eigenvalue weighted by atomic mass is 9.95. The Morgan fingerprint density at radius 1 is 1.15 bits per heavy atom. The fourth-order valence-electron chi connectivity index (χ4n) is 3.59. The van der Waals surface area contributed by atoms with E-state index in [1.54, 1.807) is 12.1 Å². The molecular formula is C16H19NO2S. The maximum Gasteiger partial charge on any atom is 0.263 e. The van der Waals surface area contributed by atoms with E-state index in [0.717, 1.165) is 11.5 Å². The number of hydrogen-bond donors (Lipinski definition) is 0. The predicted molar refractivity (Wildman–Crippen MR) is 77.5 cm³/mol. The second kappa shape index (κ2) is 3.88. The number of fused-ring (bicyclic) bond motifs is 1. The first-order chi connectivity index (χ1) is 9.52. The van der Waals surface area contributed by atoms with Crippen LogP contribution in [0.3, 0.4) is 0 Å². The molecule has 1 aromatic carbocycles. The first kappa shape index (κ1) is 12.5. The molecular weight excluding hydrogens is 270 g/mol. The quantitative estimate of drug-likeness (QED) is 0.858. The molecule has 2 unspecified atom stereocenters. The Balaban J connectivity index is 1.62. The van der Waals surface area contributed by atoms with Gasteiger partial charge in [0, 0.05) is 12.7 Å². The predicted octanol–water partition coefficient (Wildman–Crippen LogP) is 2.93. The van der Waals surface area contributed by atoms with Crippen LogP contribution in [0, 0.1) is 24.2 Å². The van der Waals surface area contributed by atoms with E-state index in [0.29, 0.717) is 22.8 Å². The molecule has 3 nitrogen and oxygen atoms in total. The smallest absolute Gasteiger partial charge is 0.263 e. The van der Waals surface area contributed by atoms with Crippen molar-refractivity contribution in [2.24, 2.45) is 17.3 Å². The number of benzene rings is 1. The second-order valence-corrected chi connectivity index (χ2v) is 8.38. The van der Waals surface area contributed by atoms with Gasteiger partial charge in [0.05, 0.1) is 4.90 Å². The number of allylic oxidation sites excluding steroid dienone is 1. The summed E-state index contributed by atoms with van der Waals surface area (Å²) < 4.78 is 26.8. The van der Waals surface area contributed by atoms with Crippen molar-refractivity contribution in [3.63, 3.8) is 0 Å². The molecule has 4 heteroatoms. The van der Waals surface area contributed by atoms with Crippen LogP contribution in [0.15, 0.2) is 41.4 Å². The normalized spacial score (nSPS) is 32.0. The lowest BCUT2D eigenvalue weighted by Gasteiger charge is -2.27. The van der Waals surface area contributed by atoms with E-state index < -0.39 is 10.0 Å². The highest BCUT2D eigenvalue weighted by Crippen LogP contribution is 2.67. The molecule has 20 heavy (non-hydrogen) atoms. The van der Waals surface area contributed by atoms with E-state index in [4.69, 9.17) is 0 Å². The average Bonchev–Trinajstić information content (AvgIpc) is 3.30. The molecule has 4 rings (SSSR count). The summed E-state index contributed by atoms with van der Waals surface area (Å²) in [6.45, 7) is 2.62. The van der Waals surface area contributed by atoms with Gasteiger partial charge < -0.3 is 0 Å². The standard InChI is InChI=1S/C16H19NO2S/c1-12-2-6-15(7-3-12)20(18,19)17-9-8-16(13-4-5-13)10-14(16)11-17/h2-3,6-9,13-14H,4-5,10-11H2,1H3. The van der Waals surface area contributed by atoms with Gasteiger partial charge in [-0.2, -0.15) is 0 Å². The lowest BCUT2D eigenvalue weighted by Crippen LogP contribution is -2.32. The molecule has 0 radical (unpaired) electrons. The van der Waals surface area contributed by atoms with E-state index in [1.165, 1.54) is 23.6 Å². The highest BCUT2D eigenvalue weighted by Gasteiger charge is 2.62. The van der Waals surface area contributed by atoms with Gasteiger partial charge in [0.2, 0.25) is 0 Å². The second-order valence-electron chi connectivity index (χ2n) is 6.49. The molecule has 1 aliphatic heterocycles. The van der Waals surface area contributed by atoms with Gasteiger partial charge in [0.1, 0.15) is 0 Å². The minimum absolute atomic E-state index is 0.360. The Morgan fingerprint density at radius 3 is 2.45 bits per heavy atom. The molecule has 2 fully saturated rings. The van der Waals surface area contributed by atoms with Crippen molar-refractivity contribution >= 4 is 10.0 Å². The third-order valence-electron chi connectivity index (χ3n) is 5.12. The van der Waals surface area contributed by atoms with Gasteiger partial charge in [-0.3, -0.25) is 4.31 Å². The van der Waals surface area contributed by atoms with Crippen LogP contribution in [0.5, 0.6) is 0 Å². The average molecular weight is 289 g/mol. The number of rotatable bonds is 3. The number of aryl methyl sites for hydroxylation is 1. The van der Waals surface area contributed by atoms with E-state index in [9.17, 15) is 8.42 Å². The SMILES string of the molecule is Cc1ccc(S(=O)(=O)N2C=CC3(C4CC4)CC3C2)cc1. The van der Waals surface area contributed by atoms with Crippen molar-refractivity contribution in [2.75, 3.05) is 6.54 Å². The molecule has 1 aromatic rings. The first-order valence-electron chi connectivity index (χ1n) is 7.30. The van der Waals surface area contributed by atoms with Crippen LogP contribution >= 0.6 is 0 Å². The van der Waals surface area contributed by atoms with Gasteiger partial charge in [-0.05, 0) is 55.6 Å². The maximum atomic E-state index is 12.6. The minimum atomic E-state index is -3.37. The maximum absolute atomic E-state index is 12.6. The largest absolute Gasteiger partial charge is 0.273 e. The van der Waals surface area contributed by atoms with Crippen molar-refractivity contribution in [1.29, 1.82) is 0 Å². The summed E-state index contributed by atoms with van der Waals surface area (Å²) in [7, 11) is -3.37. The van der Waals surface area contributed by atoms with Crippen LogP contribution in [0.1, 0.15) is 24.8 Å². The zero-order valence-corrected chi connectivity index (χ0v) is 12.4. The van der Waals surface area contributed by atoms with Crippen LogP contribution < -0.4 is 0 Å². The van der Waals surface area contributed by atoms with E-state index in [-0.39, 0.29) is 0 Å². The Hall–Kier alpha value is -1.29. The van der Waals surface area contributed by atoms with Crippen LogP contribution in [0.4, 0.5) is 0 Å². The molecule has 0 amide bonds. The Kier molecular flexibility index (Phi) is 2.41. The molecule has 2 aliphatic carbocycles. The van der Waals surface area contributed by atoms with Crippen molar-refractivity contribution in [3.05, 3.63) is 42.1 Å². The molecule has 0 spiro atoms. The Bertz CT molecular complexity index is 673. The monoisotopic (exact) mass is 289 g/mol. The summed E-state index contributed by atoms with van der Waals surface area (Å²) in [5, 5.41) is 0. The van der Waals surface area contributed by atoms with Crippen LogP contribution in [-0.2, 0) is 10.0 Å². The van der Waals surface area contributed by atoms with Gasteiger partial charge in [-0.25, -0.2) is 8.42 Å². The first-order valence-corrected chi connectivity index (χ1v) is 8.74. The number of nitrogens with zero attached hydrogens (tertiary/aromatic N) is 1. The summed E-state index contributed by atoms with van der Waals surface area (Å²) in [5.74, 6) is 1.37. The van der Waals surface area contributed by atoms with Crippen molar-refractivity contribution < 1.29 is 8.42 Å². The van der Waals surface area contributed by atoms with E-state index in [1.807, 2.05) is 25.3 Å². The summed E-state index contributed by atoms with van der Waals surface area (Å²) >= 11 is 0. The molecule has 3 aliphatic rings. The highest BCUT2D eigenvalue weighted by molar-refractivity contribution is 7.89. The molecule has 0 saturated heterocycles. The molecule has 0 N–H and O–H groups in total. The molecule has 106 valence electrons. The number of sulfonamides is 1. The van der Waals surface area contributed by atoms with E-state index in [2.05, 4.69) is 6.08 Å². The Labute approximate surface area is 120 Å². The third-order valence-corrected chi connectivity index (χ3v) is 6.87. The third kappa shape index (κ3) is 1.74. The minimum Gasteiger partial charge on any atom is -0.273 e. The van der Waals surface area contributed by atoms with Gasteiger partial charge in [0.25, 0.3) is 10.0 Å². The zero-order valence-electron chi connectivity index (χ0n) is 11.6. The van der Waals surface area contributed by atoms with Crippen LogP contribution in [0.25, 0.3) is 0 Å². The number of hydrogen-bond acceptors (Lipinski definition) is 2. The Morgan fingerprint density at radius 2 is 1.85 bits per heavy atom. The van der Waals surface area contributed by atoms with Gasteiger partial charge in [-0.15, -0.1) is 0 Å². The van der Waals surface area contributed by atoms with Crippen LogP contribution in [0.2, 0.25) is 0 Å².